The van der Waals surface area contributed by atoms with E-state index in [1.165, 1.54) is 0 Å². The number of amides is 2. The minimum atomic E-state index is -0.604. The SMILES string of the molecule is CCC(=O)Nc1ccc(C(=O)COC(=O)CCNC(=O)c2n[nH]c3ccccc23)cc1. The number of fused-ring (bicyclic) bond motifs is 1. The third-order valence-corrected chi connectivity index (χ3v) is 4.48. The minimum absolute atomic E-state index is 0.0544. The summed E-state index contributed by atoms with van der Waals surface area (Å²) < 4.78 is 4.98. The van der Waals surface area contributed by atoms with Crippen molar-refractivity contribution in [2.45, 2.75) is 19.8 Å². The monoisotopic (exact) mass is 422 g/mol. The van der Waals surface area contributed by atoms with Crippen LogP contribution in [0.4, 0.5) is 5.69 Å². The lowest BCUT2D eigenvalue weighted by molar-refractivity contribution is -0.142. The molecule has 0 atom stereocenters. The quantitative estimate of drug-likeness (QED) is 0.359. The van der Waals surface area contributed by atoms with Gasteiger partial charge >= 0.3 is 5.97 Å². The van der Waals surface area contributed by atoms with E-state index in [9.17, 15) is 19.2 Å². The molecule has 3 rings (SSSR count). The number of H-pyrrole nitrogens is 1. The lowest BCUT2D eigenvalue weighted by Crippen LogP contribution is -2.27. The van der Waals surface area contributed by atoms with Crippen LogP contribution < -0.4 is 10.6 Å². The number of hydrogen-bond donors (Lipinski definition) is 3. The summed E-state index contributed by atoms with van der Waals surface area (Å²) in [4.78, 5) is 47.6. The van der Waals surface area contributed by atoms with Crippen LogP contribution in [0.25, 0.3) is 10.9 Å². The molecule has 0 bridgehead atoms. The summed E-state index contributed by atoms with van der Waals surface area (Å²) in [6, 6.07) is 13.5. The third-order valence-electron chi connectivity index (χ3n) is 4.48. The zero-order valence-corrected chi connectivity index (χ0v) is 16.9. The predicted octanol–water partition coefficient (Wildman–Crippen LogP) is 2.46. The Morgan fingerprint density at radius 3 is 2.52 bits per heavy atom. The molecule has 0 aliphatic rings. The van der Waals surface area contributed by atoms with E-state index in [2.05, 4.69) is 20.8 Å². The Kier molecular flexibility index (Phi) is 7.10. The van der Waals surface area contributed by atoms with Crippen molar-refractivity contribution in [1.82, 2.24) is 15.5 Å². The van der Waals surface area contributed by atoms with Gasteiger partial charge in [-0.3, -0.25) is 24.3 Å². The van der Waals surface area contributed by atoms with Gasteiger partial charge in [0.15, 0.2) is 18.1 Å². The predicted molar refractivity (Wildman–Crippen MR) is 114 cm³/mol. The van der Waals surface area contributed by atoms with E-state index >= 15 is 0 Å². The topological polar surface area (TPSA) is 130 Å². The van der Waals surface area contributed by atoms with Gasteiger partial charge in [0, 0.05) is 29.6 Å². The highest BCUT2D eigenvalue weighted by Crippen LogP contribution is 2.14. The van der Waals surface area contributed by atoms with Gasteiger partial charge in [-0.25, -0.2) is 0 Å². The molecule has 3 aromatic rings. The smallest absolute Gasteiger partial charge is 0.308 e. The van der Waals surface area contributed by atoms with Crippen molar-refractivity contribution in [2.75, 3.05) is 18.5 Å². The van der Waals surface area contributed by atoms with E-state index < -0.39 is 18.5 Å². The van der Waals surface area contributed by atoms with Crippen molar-refractivity contribution < 1.29 is 23.9 Å². The standard InChI is InChI=1S/C22H22N4O5/c1-2-19(28)24-15-9-7-14(8-10-15)18(27)13-31-20(29)11-12-23-22(30)21-16-5-3-4-6-17(16)25-26-21/h3-10H,2,11-13H2,1H3,(H,23,30)(H,24,28)(H,25,26). The first kappa shape index (κ1) is 21.7. The molecule has 9 nitrogen and oxygen atoms in total. The van der Waals surface area contributed by atoms with Gasteiger partial charge in [-0.1, -0.05) is 25.1 Å². The minimum Gasteiger partial charge on any atom is -0.457 e. The Balaban J connectivity index is 1.41. The van der Waals surface area contributed by atoms with Crippen LogP contribution in [0.2, 0.25) is 0 Å². The molecule has 160 valence electrons. The summed E-state index contributed by atoms with van der Waals surface area (Å²) >= 11 is 0. The zero-order chi connectivity index (χ0) is 22.2. The number of hydrogen-bond acceptors (Lipinski definition) is 6. The Morgan fingerprint density at radius 1 is 1.03 bits per heavy atom. The highest BCUT2D eigenvalue weighted by atomic mass is 16.5. The molecule has 2 aromatic carbocycles. The third kappa shape index (κ3) is 5.75. The normalized spacial score (nSPS) is 10.5. The van der Waals surface area contributed by atoms with Crippen LogP contribution in [0.5, 0.6) is 0 Å². The van der Waals surface area contributed by atoms with Crippen molar-refractivity contribution in [3.63, 3.8) is 0 Å². The van der Waals surface area contributed by atoms with Gasteiger partial charge in [-0.2, -0.15) is 5.10 Å². The molecule has 9 heteroatoms. The number of esters is 1. The van der Waals surface area contributed by atoms with Crippen molar-refractivity contribution in [3.05, 3.63) is 59.8 Å². The number of carbonyl (C=O) groups excluding carboxylic acids is 4. The Bertz CT molecular complexity index is 1100. The molecule has 2 amide bonds. The summed E-state index contributed by atoms with van der Waals surface area (Å²) in [5.74, 6) is -1.50. The molecule has 0 aliphatic carbocycles. The number of ketones is 1. The van der Waals surface area contributed by atoms with E-state index in [-0.39, 0.29) is 30.3 Å². The van der Waals surface area contributed by atoms with Gasteiger partial charge in [-0.05, 0) is 30.3 Å². The van der Waals surface area contributed by atoms with Gasteiger partial charge in [-0.15, -0.1) is 0 Å². The number of nitrogens with zero attached hydrogens (tertiary/aromatic N) is 1. The summed E-state index contributed by atoms with van der Waals surface area (Å²) in [6.45, 7) is 1.39. The number of aromatic amines is 1. The molecule has 3 N–H and O–H groups in total. The molecule has 1 aromatic heterocycles. The van der Waals surface area contributed by atoms with E-state index in [1.54, 1.807) is 43.3 Å². The Hall–Kier alpha value is -4.01. The van der Waals surface area contributed by atoms with Crippen molar-refractivity contribution in [1.29, 1.82) is 0 Å². The first-order valence-electron chi connectivity index (χ1n) is 9.78. The first-order chi connectivity index (χ1) is 15.0. The van der Waals surface area contributed by atoms with Gasteiger partial charge in [0.05, 0.1) is 11.9 Å². The fourth-order valence-corrected chi connectivity index (χ4v) is 2.79. The van der Waals surface area contributed by atoms with Crippen LogP contribution in [0, 0.1) is 0 Å². The highest BCUT2D eigenvalue weighted by Gasteiger charge is 2.15. The van der Waals surface area contributed by atoms with E-state index in [0.717, 1.165) is 5.52 Å². The average molecular weight is 422 g/mol. The fourth-order valence-electron chi connectivity index (χ4n) is 2.79. The summed E-state index contributed by atoms with van der Waals surface area (Å²) in [7, 11) is 0. The number of aromatic nitrogens is 2. The second-order valence-electron chi connectivity index (χ2n) is 6.69. The van der Waals surface area contributed by atoms with Gasteiger partial charge in [0.2, 0.25) is 5.91 Å². The van der Waals surface area contributed by atoms with Crippen LogP contribution in [0.1, 0.15) is 40.6 Å². The maximum Gasteiger partial charge on any atom is 0.308 e. The molecule has 0 saturated heterocycles. The molecular weight excluding hydrogens is 400 g/mol. The number of benzene rings is 2. The Morgan fingerprint density at radius 2 is 1.77 bits per heavy atom. The van der Waals surface area contributed by atoms with Crippen LogP contribution in [-0.2, 0) is 14.3 Å². The Labute approximate surface area is 178 Å². The van der Waals surface area contributed by atoms with Crippen molar-refractivity contribution in [2.24, 2.45) is 0 Å². The van der Waals surface area contributed by atoms with E-state index in [0.29, 0.717) is 23.1 Å². The lowest BCUT2D eigenvalue weighted by atomic mass is 10.1. The molecule has 0 unspecified atom stereocenters. The molecule has 1 heterocycles. The summed E-state index contributed by atoms with van der Waals surface area (Å²) in [5.41, 5.74) is 1.94. The molecule has 0 spiro atoms. The first-order valence-corrected chi connectivity index (χ1v) is 9.78. The second-order valence-corrected chi connectivity index (χ2v) is 6.69. The summed E-state index contributed by atoms with van der Waals surface area (Å²) in [6.07, 6.45) is 0.277. The number of ether oxygens (including phenoxy) is 1. The van der Waals surface area contributed by atoms with Crippen LogP contribution >= 0.6 is 0 Å². The number of nitrogens with one attached hydrogen (secondary N) is 3. The van der Waals surface area contributed by atoms with Gasteiger partial charge in [0.1, 0.15) is 0 Å². The second kappa shape index (κ2) is 10.1. The number of anilines is 1. The maximum atomic E-state index is 12.2. The van der Waals surface area contributed by atoms with E-state index in [4.69, 9.17) is 4.74 Å². The highest BCUT2D eigenvalue weighted by molar-refractivity contribution is 6.04. The maximum absolute atomic E-state index is 12.2. The number of carbonyl (C=O) groups is 4. The van der Waals surface area contributed by atoms with Crippen LogP contribution in [0.15, 0.2) is 48.5 Å². The largest absolute Gasteiger partial charge is 0.457 e. The fraction of sp³-hybridized carbons (Fsp3) is 0.227. The molecule has 0 saturated carbocycles. The molecule has 31 heavy (non-hydrogen) atoms. The lowest BCUT2D eigenvalue weighted by Gasteiger charge is -2.07. The molecule has 0 radical (unpaired) electrons. The van der Waals surface area contributed by atoms with Gasteiger partial charge < -0.3 is 15.4 Å². The number of Topliss-reactive ketones (excluding diaryl/α,β-unsaturated/α-hetero) is 1. The van der Waals surface area contributed by atoms with Crippen LogP contribution in [-0.4, -0.2) is 46.9 Å². The number of rotatable bonds is 9. The zero-order valence-electron chi connectivity index (χ0n) is 16.9. The number of para-hydroxylation sites is 1. The average Bonchev–Trinajstić information content (AvgIpc) is 3.22. The van der Waals surface area contributed by atoms with Crippen LogP contribution in [0.3, 0.4) is 0 Å². The van der Waals surface area contributed by atoms with E-state index in [1.807, 2.05) is 12.1 Å². The summed E-state index contributed by atoms with van der Waals surface area (Å²) in [5, 5.41) is 12.7. The molecule has 0 aliphatic heterocycles. The van der Waals surface area contributed by atoms with Crippen molar-refractivity contribution >= 4 is 40.2 Å². The van der Waals surface area contributed by atoms with Gasteiger partial charge in [0.25, 0.3) is 5.91 Å². The van der Waals surface area contributed by atoms with Crippen molar-refractivity contribution in [3.8, 4) is 0 Å². The molecule has 0 fully saturated rings. The molecular formula is C22H22N4O5.